The molecule has 3 rings (SSSR count). The molecule has 0 atom stereocenters. The fraction of sp³-hybridized carbons (Fsp3) is 0.714. The molecule has 0 spiro atoms. The second kappa shape index (κ2) is 8.14. The van der Waals surface area contributed by atoms with Crippen molar-refractivity contribution in [3.8, 4) is 17.6 Å². The molecular weight excluding hydrogens is 342 g/mol. The highest BCUT2D eigenvalue weighted by Crippen LogP contribution is 2.38. The zero-order valence-electron chi connectivity index (χ0n) is 17.0. The molecule has 0 bridgehead atoms. The second-order valence-corrected chi connectivity index (χ2v) is 8.66. The van der Waals surface area contributed by atoms with Gasteiger partial charge >= 0.3 is 0 Å². The van der Waals surface area contributed by atoms with E-state index in [4.69, 9.17) is 14.2 Å². The number of hydrogen-bond donors (Lipinski definition) is 1. The Kier molecular flexibility index (Phi) is 6.05. The van der Waals surface area contributed by atoms with Gasteiger partial charge in [0, 0.05) is 43.9 Å². The molecule has 0 radical (unpaired) electrons. The predicted molar refractivity (Wildman–Crippen MR) is 104 cm³/mol. The van der Waals surface area contributed by atoms with Gasteiger partial charge in [-0.3, -0.25) is 0 Å². The van der Waals surface area contributed by atoms with Crippen LogP contribution >= 0.6 is 0 Å². The zero-order chi connectivity index (χ0) is 19.5. The first kappa shape index (κ1) is 20.1. The van der Waals surface area contributed by atoms with Gasteiger partial charge in [0.1, 0.15) is 6.10 Å². The number of aromatic nitrogens is 2. The topological polar surface area (TPSA) is 65.5 Å². The van der Waals surface area contributed by atoms with Gasteiger partial charge in [-0.2, -0.15) is 0 Å². The number of nitrogens with zero attached hydrogens (tertiary/aromatic N) is 2. The highest BCUT2D eigenvalue weighted by atomic mass is 16.5. The Morgan fingerprint density at radius 3 is 2.30 bits per heavy atom. The number of rotatable bonds is 7. The first-order valence-corrected chi connectivity index (χ1v) is 9.66. The monoisotopic (exact) mass is 373 g/mol. The molecule has 148 valence electrons. The summed E-state index contributed by atoms with van der Waals surface area (Å²) in [6, 6.07) is 0. The molecule has 1 aliphatic carbocycles. The van der Waals surface area contributed by atoms with Crippen LogP contribution < -0.4 is 10.1 Å². The summed E-state index contributed by atoms with van der Waals surface area (Å²) >= 11 is 0. The third-order valence-corrected chi connectivity index (χ3v) is 5.92. The molecule has 1 saturated heterocycles. The lowest BCUT2D eigenvalue weighted by Crippen LogP contribution is -2.50. The van der Waals surface area contributed by atoms with Crippen LogP contribution in [0.25, 0.3) is 0 Å². The standard InChI is InChI=1S/C21H31N3O3/c1-20(2,21(3,4)14-26-17-10-22-11-17)7-6-19-23-12-18(13-24-19)27-16-8-15(9-16)25-5/h12-13,15-17,22H,8-11,14H2,1-5H3. The minimum Gasteiger partial charge on any atom is -0.487 e. The van der Waals surface area contributed by atoms with E-state index in [1.54, 1.807) is 19.5 Å². The van der Waals surface area contributed by atoms with Gasteiger partial charge in [0.15, 0.2) is 5.75 Å². The average molecular weight is 373 g/mol. The maximum atomic E-state index is 5.98. The van der Waals surface area contributed by atoms with Gasteiger partial charge in [-0.1, -0.05) is 19.8 Å². The quantitative estimate of drug-likeness (QED) is 0.741. The molecule has 0 unspecified atom stereocenters. The molecule has 1 aliphatic heterocycles. The number of hydrogen-bond acceptors (Lipinski definition) is 6. The normalized spacial score (nSPS) is 23.0. The van der Waals surface area contributed by atoms with Crippen LogP contribution in [0.3, 0.4) is 0 Å². The van der Waals surface area contributed by atoms with Gasteiger partial charge in [-0.05, 0) is 19.8 Å². The van der Waals surface area contributed by atoms with E-state index < -0.39 is 0 Å². The van der Waals surface area contributed by atoms with E-state index in [0.717, 1.165) is 25.9 Å². The Balaban J connectivity index is 1.55. The molecule has 2 heterocycles. The molecule has 1 aromatic heterocycles. The minimum absolute atomic E-state index is 0.0826. The van der Waals surface area contributed by atoms with Crippen LogP contribution in [0.4, 0.5) is 0 Å². The Hall–Kier alpha value is -1.68. The van der Waals surface area contributed by atoms with Gasteiger partial charge < -0.3 is 19.5 Å². The van der Waals surface area contributed by atoms with E-state index in [2.05, 4.69) is 54.8 Å². The van der Waals surface area contributed by atoms with Crippen LogP contribution in [0.5, 0.6) is 5.75 Å². The van der Waals surface area contributed by atoms with Crippen molar-refractivity contribution >= 4 is 0 Å². The lowest BCUT2D eigenvalue weighted by molar-refractivity contribution is -0.0473. The molecule has 1 N–H and O–H groups in total. The molecule has 6 heteroatoms. The first-order chi connectivity index (χ1) is 12.8. The molecule has 2 aliphatic rings. The van der Waals surface area contributed by atoms with E-state index in [1.165, 1.54) is 0 Å². The fourth-order valence-electron chi connectivity index (χ4n) is 2.71. The summed E-state index contributed by atoms with van der Waals surface area (Å²) in [6.45, 7) is 11.2. The van der Waals surface area contributed by atoms with Gasteiger partial charge in [-0.15, -0.1) is 0 Å². The van der Waals surface area contributed by atoms with Crippen molar-refractivity contribution < 1.29 is 14.2 Å². The van der Waals surface area contributed by atoms with Gasteiger partial charge in [0.05, 0.1) is 31.2 Å². The van der Waals surface area contributed by atoms with E-state index in [1.807, 2.05) is 0 Å². The summed E-state index contributed by atoms with van der Waals surface area (Å²) in [5.74, 6) is 7.65. The van der Waals surface area contributed by atoms with E-state index >= 15 is 0 Å². The van der Waals surface area contributed by atoms with Crippen molar-refractivity contribution in [3.05, 3.63) is 18.2 Å². The maximum absolute atomic E-state index is 5.98. The molecule has 0 amide bonds. The molecule has 1 aromatic rings. The molecular formula is C21H31N3O3. The summed E-state index contributed by atoms with van der Waals surface area (Å²) in [5.41, 5.74) is -0.315. The van der Waals surface area contributed by atoms with E-state index in [9.17, 15) is 0 Å². The van der Waals surface area contributed by atoms with Crippen molar-refractivity contribution in [2.45, 2.75) is 58.8 Å². The smallest absolute Gasteiger partial charge is 0.205 e. The van der Waals surface area contributed by atoms with Crippen molar-refractivity contribution in [2.24, 2.45) is 10.8 Å². The van der Waals surface area contributed by atoms with Crippen LogP contribution in [0, 0.1) is 22.7 Å². The maximum Gasteiger partial charge on any atom is 0.205 e. The van der Waals surface area contributed by atoms with Crippen LogP contribution in [-0.2, 0) is 9.47 Å². The van der Waals surface area contributed by atoms with Crippen molar-refractivity contribution in [1.29, 1.82) is 0 Å². The van der Waals surface area contributed by atoms with E-state index in [-0.39, 0.29) is 16.9 Å². The lowest BCUT2D eigenvalue weighted by atomic mass is 9.69. The minimum atomic E-state index is -0.232. The number of nitrogens with one attached hydrogen (secondary N) is 1. The van der Waals surface area contributed by atoms with Gasteiger partial charge in [0.25, 0.3) is 0 Å². The van der Waals surface area contributed by atoms with Gasteiger partial charge in [0.2, 0.25) is 5.82 Å². The lowest BCUT2D eigenvalue weighted by Gasteiger charge is -2.39. The SMILES string of the molecule is COC1CC(Oc2cnc(C#CC(C)(C)C(C)(C)COC3CNC3)nc2)C1. The summed E-state index contributed by atoms with van der Waals surface area (Å²) < 4.78 is 17.1. The second-order valence-electron chi connectivity index (χ2n) is 8.66. The first-order valence-electron chi connectivity index (χ1n) is 9.66. The summed E-state index contributed by atoms with van der Waals surface area (Å²) in [7, 11) is 1.73. The van der Waals surface area contributed by atoms with Crippen LogP contribution in [0.2, 0.25) is 0 Å². The fourth-order valence-corrected chi connectivity index (χ4v) is 2.71. The Bertz CT molecular complexity index is 681. The third kappa shape index (κ3) is 4.98. The van der Waals surface area contributed by atoms with Gasteiger partial charge in [-0.25, -0.2) is 9.97 Å². The molecule has 27 heavy (non-hydrogen) atoms. The van der Waals surface area contributed by atoms with Crippen LogP contribution in [-0.4, -0.2) is 55.1 Å². The zero-order valence-corrected chi connectivity index (χ0v) is 17.0. The average Bonchev–Trinajstić information content (AvgIpc) is 2.55. The highest BCUT2D eigenvalue weighted by Gasteiger charge is 2.37. The summed E-state index contributed by atoms with van der Waals surface area (Å²) in [6.07, 6.45) is 6.07. The molecule has 0 aromatic carbocycles. The molecule has 2 fully saturated rings. The Morgan fingerprint density at radius 2 is 1.74 bits per heavy atom. The van der Waals surface area contributed by atoms with Crippen LogP contribution in [0.15, 0.2) is 12.4 Å². The number of methoxy groups -OCH3 is 1. The third-order valence-electron chi connectivity index (χ3n) is 5.92. The summed E-state index contributed by atoms with van der Waals surface area (Å²) in [5, 5.41) is 3.23. The summed E-state index contributed by atoms with van der Waals surface area (Å²) in [4.78, 5) is 8.66. The molecule has 6 nitrogen and oxygen atoms in total. The predicted octanol–water partition coefficient (Wildman–Crippen LogP) is 2.43. The van der Waals surface area contributed by atoms with Crippen LogP contribution in [0.1, 0.15) is 46.4 Å². The Labute approximate surface area is 162 Å². The van der Waals surface area contributed by atoms with Crippen molar-refractivity contribution in [3.63, 3.8) is 0 Å². The Morgan fingerprint density at radius 1 is 1.07 bits per heavy atom. The number of ether oxygens (including phenoxy) is 3. The molecule has 1 saturated carbocycles. The van der Waals surface area contributed by atoms with Crippen molar-refractivity contribution in [1.82, 2.24) is 15.3 Å². The van der Waals surface area contributed by atoms with E-state index in [0.29, 0.717) is 30.4 Å². The van der Waals surface area contributed by atoms with Crippen molar-refractivity contribution in [2.75, 3.05) is 26.8 Å². The highest BCUT2D eigenvalue weighted by molar-refractivity contribution is 5.27. The largest absolute Gasteiger partial charge is 0.487 e.